The number of rotatable bonds is 6. The van der Waals surface area contributed by atoms with Gasteiger partial charge in [0.05, 0.1) is 11.0 Å². The minimum atomic E-state index is -0.240. The molecule has 0 saturated carbocycles. The van der Waals surface area contributed by atoms with Crippen LogP contribution in [-0.2, 0) is 17.8 Å². The molecule has 1 aromatic heterocycles. The Labute approximate surface area is 146 Å². The lowest BCUT2D eigenvalue weighted by Gasteiger charge is -2.11. The van der Waals surface area contributed by atoms with Gasteiger partial charge in [-0.15, -0.1) is 0 Å². The lowest BCUT2D eigenvalue weighted by molar-refractivity contribution is -0.123. The molecule has 1 heterocycles. The second kappa shape index (κ2) is 7.47. The molecule has 0 radical (unpaired) electrons. The van der Waals surface area contributed by atoms with Crippen molar-refractivity contribution in [2.45, 2.75) is 26.8 Å². The Bertz CT molecular complexity index is 868. The summed E-state index contributed by atoms with van der Waals surface area (Å²) in [4.78, 5) is 16.4. The van der Waals surface area contributed by atoms with Crippen molar-refractivity contribution in [2.75, 3.05) is 6.54 Å². The van der Waals surface area contributed by atoms with E-state index in [-0.39, 0.29) is 17.6 Å². The van der Waals surface area contributed by atoms with Gasteiger partial charge in [0, 0.05) is 25.4 Å². The van der Waals surface area contributed by atoms with Gasteiger partial charge in [-0.05, 0) is 29.8 Å². The number of nitrogens with zero attached hydrogens (tertiary/aromatic N) is 2. The van der Waals surface area contributed by atoms with Crippen LogP contribution < -0.4 is 5.32 Å². The second-order valence-electron chi connectivity index (χ2n) is 6.43. The summed E-state index contributed by atoms with van der Waals surface area (Å²) in [5.74, 6) is 0.685. The molecule has 0 unspecified atom stereocenters. The third kappa shape index (κ3) is 4.05. The van der Waals surface area contributed by atoms with Crippen molar-refractivity contribution in [1.82, 2.24) is 14.9 Å². The van der Waals surface area contributed by atoms with E-state index < -0.39 is 0 Å². The Kier molecular flexibility index (Phi) is 5.12. The molecule has 0 aliphatic heterocycles. The zero-order valence-corrected chi connectivity index (χ0v) is 14.5. The molecule has 3 rings (SSSR count). The van der Waals surface area contributed by atoms with Crippen LogP contribution in [0.5, 0.6) is 0 Å². The topological polar surface area (TPSA) is 46.9 Å². The fourth-order valence-electron chi connectivity index (χ4n) is 2.77. The zero-order valence-electron chi connectivity index (χ0n) is 14.5. The number of benzene rings is 2. The average molecular weight is 339 g/mol. The quantitative estimate of drug-likeness (QED) is 0.747. The van der Waals surface area contributed by atoms with Gasteiger partial charge < -0.3 is 9.88 Å². The highest BCUT2D eigenvalue weighted by molar-refractivity contribution is 5.78. The van der Waals surface area contributed by atoms with E-state index in [4.69, 9.17) is 4.98 Å². The van der Waals surface area contributed by atoms with Crippen LogP contribution in [0.3, 0.4) is 0 Å². The van der Waals surface area contributed by atoms with E-state index in [2.05, 4.69) is 9.88 Å². The molecule has 0 aliphatic rings. The molecular weight excluding hydrogens is 317 g/mol. The summed E-state index contributed by atoms with van der Waals surface area (Å²) < 4.78 is 15.3. The maximum Gasteiger partial charge on any atom is 0.222 e. The Morgan fingerprint density at radius 2 is 1.88 bits per heavy atom. The first-order valence-corrected chi connectivity index (χ1v) is 8.51. The van der Waals surface area contributed by atoms with Crippen LogP contribution in [0.4, 0.5) is 4.39 Å². The summed E-state index contributed by atoms with van der Waals surface area (Å²) in [5.41, 5.74) is 2.98. The number of nitrogens with one attached hydrogen (secondary N) is 1. The molecule has 5 heteroatoms. The summed E-state index contributed by atoms with van der Waals surface area (Å²) in [5, 5.41) is 2.93. The number of halogens is 1. The molecule has 0 fully saturated rings. The molecular formula is C20H22FN3O. The van der Waals surface area contributed by atoms with Crippen LogP contribution in [0.25, 0.3) is 11.0 Å². The first-order valence-electron chi connectivity index (χ1n) is 8.51. The fraction of sp³-hybridized carbons (Fsp3) is 0.300. The van der Waals surface area contributed by atoms with Gasteiger partial charge in [0.25, 0.3) is 0 Å². The minimum absolute atomic E-state index is 0.0296. The maximum absolute atomic E-state index is 13.1. The molecule has 1 amide bonds. The number of fused-ring (bicyclic) bond motifs is 1. The van der Waals surface area contributed by atoms with Crippen molar-refractivity contribution < 1.29 is 9.18 Å². The Morgan fingerprint density at radius 1 is 1.16 bits per heavy atom. The second-order valence-corrected chi connectivity index (χ2v) is 6.43. The number of aromatic nitrogens is 2. The molecule has 0 spiro atoms. The molecule has 4 nitrogen and oxygen atoms in total. The number of carbonyl (C=O) groups excluding carboxylic acids is 1. The Balaban J connectivity index is 1.84. The van der Waals surface area contributed by atoms with Crippen molar-refractivity contribution in [1.29, 1.82) is 0 Å². The Hall–Kier alpha value is -2.69. The van der Waals surface area contributed by atoms with Gasteiger partial charge >= 0.3 is 0 Å². The van der Waals surface area contributed by atoms with E-state index in [0.717, 1.165) is 22.4 Å². The predicted octanol–water partition coefficient (Wildman–Crippen LogP) is 3.54. The van der Waals surface area contributed by atoms with Crippen LogP contribution in [0, 0.1) is 11.7 Å². The van der Waals surface area contributed by atoms with Crippen LogP contribution in [0.1, 0.15) is 25.2 Å². The molecule has 2 aromatic carbocycles. The van der Waals surface area contributed by atoms with Gasteiger partial charge in [-0.25, -0.2) is 9.37 Å². The van der Waals surface area contributed by atoms with E-state index in [9.17, 15) is 9.18 Å². The summed E-state index contributed by atoms with van der Waals surface area (Å²) in [6, 6.07) is 14.5. The number of hydrogen-bond donors (Lipinski definition) is 1. The standard InChI is InChI=1S/C20H22FN3O/c1-14(2)20(25)22-12-11-19-23-17-5-3-4-6-18(17)24(19)13-15-7-9-16(21)10-8-15/h3-10,14H,11-13H2,1-2H3,(H,22,25). The Morgan fingerprint density at radius 3 is 2.60 bits per heavy atom. The number of carbonyl (C=O) groups is 1. The molecule has 3 aromatic rings. The highest BCUT2D eigenvalue weighted by Crippen LogP contribution is 2.18. The summed E-state index contributed by atoms with van der Waals surface area (Å²) in [6.45, 7) is 4.91. The van der Waals surface area contributed by atoms with E-state index in [1.807, 2.05) is 38.1 Å². The van der Waals surface area contributed by atoms with Crippen molar-refractivity contribution in [3.8, 4) is 0 Å². The van der Waals surface area contributed by atoms with Crippen molar-refractivity contribution >= 4 is 16.9 Å². The van der Waals surface area contributed by atoms with Gasteiger partial charge in [-0.3, -0.25) is 4.79 Å². The third-order valence-corrected chi connectivity index (χ3v) is 4.16. The van der Waals surface area contributed by atoms with Gasteiger partial charge in [0.1, 0.15) is 11.6 Å². The molecule has 25 heavy (non-hydrogen) atoms. The zero-order chi connectivity index (χ0) is 17.8. The van der Waals surface area contributed by atoms with Gasteiger partial charge in [0.2, 0.25) is 5.91 Å². The summed E-state index contributed by atoms with van der Waals surface area (Å²) in [7, 11) is 0. The van der Waals surface area contributed by atoms with Crippen molar-refractivity contribution in [3.63, 3.8) is 0 Å². The molecule has 0 aliphatic carbocycles. The number of para-hydroxylation sites is 2. The molecule has 0 atom stereocenters. The molecule has 130 valence electrons. The highest BCUT2D eigenvalue weighted by Gasteiger charge is 2.12. The monoisotopic (exact) mass is 339 g/mol. The van der Waals surface area contributed by atoms with E-state index in [1.165, 1.54) is 12.1 Å². The lowest BCUT2D eigenvalue weighted by atomic mass is 10.2. The van der Waals surface area contributed by atoms with E-state index >= 15 is 0 Å². The van der Waals surface area contributed by atoms with Crippen LogP contribution in [0.2, 0.25) is 0 Å². The minimum Gasteiger partial charge on any atom is -0.355 e. The van der Waals surface area contributed by atoms with E-state index in [0.29, 0.717) is 19.5 Å². The average Bonchev–Trinajstić information content (AvgIpc) is 2.94. The summed E-state index contributed by atoms with van der Waals surface area (Å²) >= 11 is 0. The highest BCUT2D eigenvalue weighted by atomic mass is 19.1. The normalized spacial score (nSPS) is 11.2. The van der Waals surface area contributed by atoms with Gasteiger partial charge in [0.15, 0.2) is 0 Å². The van der Waals surface area contributed by atoms with Crippen molar-refractivity contribution in [3.05, 3.63) is 65.7 Å². The van der Waals surface area contributed by atoms with Gasteiger partial charge in [-0.1, -0.05) is 38.1 Å². The van der Waals surface area contributed by atoms with Crippen LogP contribution >= 0.6 is 0 Å². The lowest BCUT2D eigenvalue weighted by Crippen LogP contribution is -2.30. The van der Waals surface area contributed by atoms with Gasteiger partial charge in [-0.2, -0.15) is 0 Å². The number of imidazole rings is 1. The largest absolute Gasteiger partial charge is 0.355 e. The van der Waals surface area contributed by atoms with Crippen LogP contribution in [0.15, 0.2) is 48.5 Å². The first kappa shape index (κ1) is 17.1. The fourth-order valence-corrected chi connectivity index (χ4v) is 2.77. The molecule has 0 bridgehead atoms. The predicted molar refractivity (Wildman–Crippen MR) is 96.8 cm³/mol. The first-order chi connectivity index (χ1) is 12.0. The number of hydrogen-bond acceptors (Lipinski definition) is 2. The number of amides is 1. The summed E-state index contributed by atoms with van der Waals surface area (Å²) in [6.07, 6.45) is 0.647. The van der Waals surface area contributed by atoms with Crippen LogP contribution in [-0.4, -0.2) is 22.0 Å². The smallest absolute Gasteiger partial charge is 0.222 e. The van der Waals surface area contributed by atoms with Crippen molar-refractivity contribution in [2.24, 2.45) is 5.92 Å². The molecule has 0 saturated heterocycles. The third-order valence-electron chi connectivity index (χ3n) is 4.16. The molecule has 1 N–H and O–H groups in total. The SMILES string of the molecule is CC(C)C(=O)NCCc1nc2ccccc2n1Cc1ccc(F)cc1. The van der Waals surface area contributed by atoms with E-state index in [1.54, 1.807) is 12.1 Å². The maximum atomic E-state index is 13.1.